The Labute approximate surface area is 93.5 Å². The van der Waals surface area contributed by atoms with Crippen molar-refractivity contribution in [3.63, 3.8) is 0 Å². The Hall–Kier alpha value is -0.520. The molecule has 1 aliphatic carbocycles. The first-order valence-electron chi connectivity index (χ1n) is 6.13. The highest BCUT2D eigenvalue weighted by atomic mass is 16.3. The Kier molecular flexibility index (Phi) is 5.75. The number of unbranched alkanes of at least 4 members (excludes halogenated alkanes) is 2. The minimum Gasteiger partial charge on any atom is -0.389 e. The maximum absolute atomic E-state index is 10.2. The van der Waals surface area contributed by atoms with Crippen LogP contribution in [0.5, 0.6) is 0 Å². The van der Waals surface area contributed by atoms with Gasteiger partial charge in [0.2, 0.25) is 0 Å². The molecule has 15 heavy (non-hydrogen) atoms. The van der Waals surface area contributed by atoms with Crippen molar-refractivity contribution in [1.29, 1.82) is 0 Å². The molecule has 0 aromatic heterocycles. The Balaban J connectivity index is 2.01. The number of hydrogen-bond donors (Lipinski definition) is 2. The molecule has 0 amide bonds. The predicted molar refractivity (Wildman–Crippen MR) is 63.6 cm³/mol. The minimum atomic E-state index is -0.426. The van der Waals surface area contributed by atoms with E-state index in [0.717, 1.165) is 45.2 Å². The van der Waals surface area contributed by atoms with Gasteiger partial charge in [-0.3, -0.25) is 0 Å². The van der Waals surface area contributed by atoms with Crippen LogP contribution in [-0.4, -0.2) is 23.8 Å². The maximum atomic E-state index is 10.2. The van der Waals surface area contributed by atoms with Gasteiger partial charge >= 0.3 is 0 Å². The molecule has 0 radical (unpaired) electrons. The van der Waals surface area contributed by atoms with Gasteiger partial charge in [0.25, 0.3) is 0 Å². The molecule has 1 rings (SSSR count). The molecule has 86 valence electrons. The van der Waals surface area contributed by atoms with Crippen molar-refractivity contribution in [2.24, 2.45) is 0 Å². The molecule has 0 bridgehead atoms. The molecular formula is C13H23NO. The van der Waals surface area contributed by atoms with E-state index in [1.165, 1.54) is 19.3 Å². The molecular weight excluding hydrogens is 186 g/mol. The first kappa shape index (κ1) is 12.5. The van der Waals surface area contributed by atoms with Gasteiger partial charge in [-0.1, -0.05) is 19.3 Å². The summed E-state index contributed by atoms with van der Waals surface area (Å²) in [4.78, 5) is 0. The Morgan fingerprint density at radius 1 is 1.20 bits per heavy atom. The lowest BCUT2D eigenvalue weighted by atomic mass is 9.85. The van der Waals surface area contributed by atoms with Gasteiger partial charge in [-0.2, -0.15) is 0 Å². The summed E-state index contributed by atoms with van der Waals surface area (Å²) < 4.78 is 0. The quantitative estimate of drug-likeness (QED) is 0.518. The van der Waals surface area contributed by atoms with Gasteiger partial charge in [0, 0.05) is 13.0 Å². The van der Waals surface area contributed by atoms with Crippen LogP contribution in [0.4, 0.5) is 0 Å². The molecule has 2 nitrogen and oxygen atoms in total. The van der Waals surface area contributed by atoms with E-state index in [1.807, 2.05) is 0 Å². The lowest BCUT2D eigenvalue weighted by Crippen LogP contribution is -2.42. The topological polar surface area (TPSA) is 32.3 Å². The molecule has 0 spiro atoms. The van der Waals surface area contributed by atoms with E-state index in [2.05, 4.69) is 11.2 Å². The van der Waals surface area contributed by atoms with Crippen LogP contribution in [0.2, 0.25) is 0 Å². The molecule has 1 aliphatic rings. The second kappa shape index (κ2) is 6.87. The number of terminal acetylenes is 1. The van der Waals surface area contributed by atoms with E-state index in [9.17, 15) is 5.11 Å². The molecule has 2 N–H and O–H groups in total. The van der Waals surface area contributed by atoms with Crippen LogP contribution < -0.4 is 5.32 Å². The summed E-state index contributed by atoms with van der Waals surface area (Å²) in [6.07, 6.45) is 13.8. The molecule has 0 saturated heterocycles. The smallest absolute Gasteiger partial charge is 0.0771 e. The van der Waals surface area contributed by atoms with Crippen LogP contribution in [0.15, 0.2) is 0 Å². The van der Waals surface area contributed by atoms with Crippen LogP contribution in [0.1, 0.15) is 51.4 Å². The van der Waals surface area contributed by atoms with Gasteiger partial charge in [-0.25, -0.2) is 0 Å². The molecule has 2 heteroatoms. The fraction of sp³-hybridized carbons (Fsp3) is 0.846. The van der Waals surface area contributed by atoms with Crippen LogP contribution in [0.3, 0.4) is 0 Å². The third-order valence-corrected chi connectivity index (χ3v) is 3.16. The number of nitrogens with one attached hydrogen (secondary N) is 1. The molecule has 0 aliphatic heterocycles. The van der Waals surface area contributed by atoms with Gasteiger partial charge in [-0.15, -0.1) is 12.3 Å². The largest absolute Gasteiger partial charge is 0.389 e. The van der Waals surface area contributed by atoms with E-state index in [1.54, 1.807) is 0 Å². The fourth-order valence-electron chi connectivity index (χ4n) is 2.18. The first-order valence-corrected chi connectivity index (χ1v) is 6.13. The van der Waals surface area contributed by atoms with Gasteiger partial charge in [0.15, 0.2) is 0 Å². The molecule has 1 saturated carbocycles. The van der Waals surface area contributed by atoms with E-state index in [-0.39, 0.29) is 0 Å². The zero-order chi connectivity index (χ0) is 11.0. The van der Waals surface area contributed by atoms with Crippen LogP contribution in [0.25, 0.3) is 0 Å². The van der Waals surface area contributed by atoms with E-state index < -0.39 is 5.60 Å². The zero-order valence-electron chi connectivity index (χ0n) is 9.60. The van der Waals surface area contributed by atoms with Crippen molar-refractivity contribution in [2.75, 3.05) is 13.1 Å². The van der Waals surface area contributed by atoms with Crippen LogP contribution >= 0.6 is 0 Å². The van der Waals surface area contributed by atoms with Crippen molar-refractivity contribution < 1.29 is 5.11 Å². The van der Waals surface area contributed by atoms with Gasteiger partial charge in [0.1, 0.15) is 0 Å². The Morgan fingerprint density at radius 3 is 2.60 bits per heavy atom. The summed E-state index contributed by atoms with van der Waals surface area (Å²) in [5, 5.41) is 13.5. The SMILES string of the molecule is C#CCCCCNCC1(O)CCCCC1. The van der Waals surface area contributed by atoms with Crippen molar-refractivity contribution >= 4 is 0 Å². The third-order valence-electron chi connectivity index (χ3n) is 3.16. The standard InChI is InChI=1S/C13H23NO/c1-2-3-4-8-11-14-12-13(15)9-6-5-7-10-13/h1,14-15H,3-12H2. The summed E-state index contributed by atoms with van der Waals surface area (Å²) in [6.45, 7) is 1.73. The van der Waals surface area contributed by atoms with Crippen molar-refractivity contribution in [3.05, 3.63) is 0 Å². The van der Waals surface area contributed by atoms with Crippen LogP contribution in [0, 0.1) is 12.3 Å². The van der Waals surface area contributed by atoms with E-state index in [0.29, 0.717) is 0 Å². The summed E-state index contributed by atoms with van der Waals surface area (Å²) in [7, 11) is 0. The van der Waals surface area contributed by atoms with Crippen molar-refractivity contribution in [1.82, 2.24) is 5.32 Å². The van der Waals surface area contributed by atoms with E-state index >= 15 is 0 Å². The summed E-state index contributed by atoms with van der Waals surface area (Å²) in [6, 6.07) is 0. The summed E-state index contributed by atoms with van der Waals surface area (Å²) in [5.74, 6) is 2.64. The van der Waals surface area contributed by atoms with Gasteiger partial charge in [-0.05, 0) is 32.2 Å². The minimum absolute atomic E-state index is 0.426. The lowest BCUT2D eigenvalue weighted by Gasteiger charge is -2.32. The molecule has 0 unspecified atom stereocenters. The second-order valence-electron chi connectivity index (χ2n) is 4.62. The monoisotopic (exact) mass is 209 g/mol. The number of aliphatic hydroxyl groups is 1. The highest BCUT2D eigenvalue weighted by Gasteiger charge is 2.28. The van der Waals surface area contributed by atoms with E-state index in [4.69, 9.17) is 6.42 Å². The molecule has 0 atom stereocenters. The molecule has 0 heterocycles. The fourth-order valence-corrected chi connectivity index (χ4v) is 2.18. The second-order valence-corrected chi connectivity index (χ2v) is 4.62. The highest BCUT2D eigenvalue weighted by Crippen LogP contribution is 2.27. The van der Waals surface area contributed by atoms with Gasteiger partial charge < -0.3 is 10.4 Å². The number of rotatable bonds is 6. The Bertz CT molecular complexity index is 201. The average Bonchev–Trinajstić information content (AvgIpc) is 2.24. The Morgan fingerprint density at radius 2 is 1.93 bits per heavy atom. The zero-order valence-corrected chi connectivity index (χ0v) is 9.60. The normalized spacial score (nSPS) is 19.7. The van der Waals surface area contributed by atoms with Crippen molar-refractivity contribution in [3.8, 4) is 12.3 Å². The average molecular weight is 209 g/mol. The first-order chi connectivity index (χ1) is 7.27. The van der Waals surface area contributed by atoms with Crippen LogP contribution in [-0.2, 0) is 0 Å². The molecule has 0 aromatic carbocycles. The molecule has 1 fully saturated rings. The summed E-state index contributed by atoms with van der Waals surface area (Å²) in [5.41, 5.74) is -0.426. The van der Waals surface area contributed by atoms with Gasteiger partial charge in [0.05, 0.1) is 5.60 Å². The highest BCUT2D eigenvalue weighted by molar-refractivity contribution is 4.85. The third kappa shape index (κ3) is 5.20. The maximum Gasteiger partial charge on any atom is 0.0771 e. The van der Waals surface area contributed by atoms with Crippen molar-refractivity contribution in [2.45, 2.75) is 57.0 Å². The lowest BCUT2D eigenvalue weighted by molar-refractivity contribution is 0.00505. The number of hydrogen-bond acceptors (Lipinski definition) is 2. The predicted octanol–water partition coefficient (Wildman–Crippen LogP) is 2.07. The summed E-state index contributed by atoms with van der Waals surface area (Å²) >= 11 is 0. The molecule has 0 aromatic rings.